The molecule has 2 rings (SSSR count). The fourth-order valence-electron chi connectivity index (χ4n) is 1.47. The number of hydrogen-bond acceptors (Lipinski definition) is 3. The van der Waals surface area contributed by atoms with Crippen LogP contribution in [-0.2, 0) is 0 Å². The third kappa shape index (κ3) is 1.76. The Kier molecular flexibility index (Phi) is 2.29. The lowest BCUT2D eigenvalue weighted by Gasteiger charge is -2.02. The molecule has 1 aromatic carbocycles. The summed E-state index contributed by atoms with van der Waals surface area (Å²) in [6.07, 6.45) is 0. The summed E-state index contributed by atoms with van der Waals surface area (Å²) in [5.74, 6) is -0.299. The minimum atomic E-state index is -1.22. The maximum Gasteiger partial charge on any atom is 0.143 e. The van der Waals surface area contributed by atoms with Gasteiger partial charge in [-0.2, -0.15) is 0 Å². The van der Waals surface area contributed by atoms with Crippen LogP contribution in [0.2, 0.25) is 0 Å². The van der Waals surface area contributed by atoms with E-state index in [0.29, 0.717) is 11.5 Å². The molecule has 76 valence electrons. The molecule has 0 spiro atoms. The lowest BCUT2D eigenvalue weighted by Crippen LogP contribution is -2.22. The van der Waals surface area contributed by atoms with Gasteiger partial charge in [0.25, 0.3) is 0 Å². The topological polar surface area (TPSA) is 53.3 Å². The molecule has 0 N–H and O–H groups in total. The molecular weight excluding hydrogens is 192 g/mol. The Morgan fingerprint density at radius 1 is 1.27 bits per heavy atom. The molecule has 0 fully saturated rings. The number of aromatic carboxylic acids is 1. The molecule has 0 bridgehead atoms. The summed E-state index contributed by atoms with van der Waals surface area (Å²) in [6.45, 7) is 1.71. The molecule has 0 saturated heterocycles. The first-order valence-corrected chi connectivity index (χ1v) is 4.55. The van der Waals surface area contributed by atoms with E-state index in [-0.39, 0.29) is 5.56 Å². The average Bonchev–Trinajstić information content (AvgIpc) is 2.62. The smallest absolute Gasteiger partial charge is 0.143 e. The summed E-state index contributed by atoms with van der Waals surface area (Å²) in [4.78, 5) is 10.8. The molecular formula is C12H9O3-. The van der Waals surface area contributed by atoms with Crippen LogP contribution in [0.1, 0.15) is 16.1 Å². The largest absolute Gasteiger partial charge is 0.545 e. The van der Waals surface area contributed by atoms with Crippen molar-refractivity contribution in [3.8, 4) is 11.3 Å². The van der Waals surface area contributed by atoms with E-state index < -0.39 is 5.97 Å². The van der Waals surface area contributed by atoms with E-state index in [4.69, 9.17) is 4.42 Å². The van der Waals surface area contributed by atoms with Crippen molar-refractivity contribution in [2.75, 3.05) is 0 Å². The van der Waals surface area contributed by atoms with E-state index in [9.17, 15) is 9.90 Å². The van der Waals surface area contributed by atoms with Crippen molar-refractivity contribution >= 4 is 5.97 Å². The highest BCUT2D eigenvalue weighted by Crippen LogP contribution is 2.26. The number of benzene rings is 1. The number of carbonyl (C=O) groups is 1. The summed E-state index contributed by atoms with van der Waals surface area (Å²) in [6, 6.07) is 10.6. The minimum Gasteiger partial charge on any atom is -0.545 e. The van der Waals surface area contributed by atoms with Gasteiger partial charge in [-0.1, -0.05) is 30.3 Å². The SMILES string of the molecule is Cc1cc(C(=O)[O-])c(-c2ccccc2)o1. The average molecular weight is 201 g/mol. The van der Waals surface area contributed by atoms with Gasteiger partial charge in [0.2, 0.25) is 0 Å². The second-order valence-corrected chi connectivity index (χ2v) is 3.25. The van der Waals surface area contributed by atoms with E-state index in [1.54, 1.807) is 19.1 Å². The fourth-order valence-corrected chi connectivity index (χ4v) is 1.47. The third-order valence-electron chi connectivity index (χ3n) is 2.11. The quantitative estimate of drug-likeness (QED) is 0.741. The summed E-state index contributed by atoms with van der Waals surface area (Å²) < 4.78 is 5.34. The molecule has 0 atom stereocenters. The molecule has 1 aromatic heterocycles. The van der Waals surface area contributed by atoms with Crippen LogP contribution in [-0.4, -0.2) is 5.97 Å². The normalized spacial score (nSPS) is 10.2. The summed E-state index contributed by atoms with van der Waals surface area (Å²) in [5.41, 5.74) is 0.837. The van der Waals surface area contributed by atoms with Gasteiger partial charge in [-0.25, -0.2) is 0 Å². The van der Waals surface area contributed by atoms with Crippen LogP contribution >= 0.6 is 0 Å². The standard InChI is InChI=1S/C12H10O3/c1-8-7-10(12(13)14)11(15-8)9-5-3-2-4-6-9/h2-7H,1H3,(H,13,14)/p-1. The molecule has 0 saturated carbocycles. The Hall–Kier alpha value is -2.03. The molecule has 0 amide bonds. The van der Waals surface area contributed by atoms with Gasteiger partial charge in [-0.05, 0) is 13.0 Å². The summed E-state index contributed by atoms with van der Waals surface area (Å²) >= 11 is 0. The number of rotatable bonds is 2. The molecule has 0 radical (unpaired) electrons. The van der Waals surface area contributed by atoms with Crippen molar-refractivity contribution in [2.24, 2.45) is 0 Å². The van der Waals surface area contributed by atoms with Gasteiger partial charge in [0.05, 0.1) is 5.97 Å². The van der Waals surface area contributed by atoms with Crippen LogP contribution in [0.5, 0.6) is 0 Å². The number of aryl methyl sites for hydroxylation is 1. The highest BCUT2D eigenvalue weighted by Gasteiger charge is 2.11. The van der Waals surface area contributed by atoms with E-state index in [2.05, 4.69) is 0 Å². The van der Waals surface area contributed by atoms with E-state index in [1.807, 2.05) is 18.2 Å². The molecule has 3 heteroatoms. The monoisotopic (exact) mass is 201 g/mol. The van der Waals surface area contributed by atoms with Gasteiger partial charge >= 0.3 is 0 Å². The third-order valence-corrected chi connectivity index (χ3v) is 2.11. The number of hydrogen-bond donors (Lipinski definition) is 0. The van der Waals surface area contributed by atoms with Crippen molar-refractivity contribution in [1.82, 2.24) is 0 Å². The Bertz CT molecular complexity index is 483. The molecule has 2 aromatic rings. The first-order chi connectivity index (χ1) is 7.18. The second kappa shape index (κ2) is 3.61. The number of carboxylic acids is 1. The molecule has 15 heavy (non-hydrogen) atoms. The second-order valence-electron chi connectivity index (χ2n) is 3.25. The first-order valence-electron chi connectivity index (χ1n) is 4.55. The summed E-state index contributed by atoms with van der Waals surface area (Å²) in [7, 11) is 0. The predicted molar refractivity (Wildman–Crippen MR) is 53.2 cm³/mol. The van der Waals surface area contributed by atoms with Gasteiger partial charge in [-0.3, -0.25) is 0 Å². The van der Waals surface area contributed by atoms with Gasteiger partial charge in [0, 0.05) is 11.1 Å². The minimum absolute atomic E-state index is 0.0960. The van der Waals surface area contributed by atoms with Crippen molar-refractivity contribution in [3.63, 3.8) is 0 Å². The lowest BCUT2D eigenvalue weighted by molar-refractivity contribution is -0.254. The zero-order valence-corrected chi connectivity index (χ0v) is 8.19. The number of furan rings is 1. The van der Waals surface area contributed by atoms with Gasteiger partial charge in [0.15, 0.2) is 0 Å². The Morgan fingerprint density at radius 2 is 1.93 bits per heavy atom. The maximum absolute atomic E-state index is 10.8. The van der Waals surface area contributed by atoms with Crippen molar-refractivity contribution in [1.29, 1.82) is 0 Å². The van der Waals surface area contributed by atoms with Crippen LogP contribution in [0, 0.1) is 6.92 Å². The number of carbonyl (C=O) groups excluding carboxylic acids is 1. The molecule has 0 aliphatic heterocycles. The molecule has 0 unspecified atom stereocenters. The maximum atomic E-state index is 10.8. The van der Waals surface area contributed by atoms with E-state index >= 15 is 0 Å². The zero-order chi connectivity index (χ0) is 10.8. The molecule has 1 heterocycles. The lowest BCUT2D eigenvalue weighted by atomic mass is 10.1. The van der Waals surface area contributed by atoms with E-state index in [0.717, 1.165) is 5.56 Å². The van der Waals surface area contributed by atoms with Crippen molar-refractivity contribution in [2.45, 2.75) is 6.92 Å². The molecule has 0 aliphatic rings. The molecule has 0 aliphatic carbocycles. The van der Waals surface area contributed by atoms with Crippen LogP contribution in [0.3, 0.4) is 0 Å². The van der Waals surface area contributed by atoms with E-state index in [1.165, 1.54) is 6.07 Å². The van der Waals surface area contributed by atoms with Crippen LogP contribution in [0.4, 0.5) is 0 Å². The van der Waals surface area contributed by atoms with Crippen LogP contribution in [0.25, 0.3) is 11.3 Å². The van der Waals surface area contributed by atoms with Crippen molar-refractivity contribution in [3.05, 3.63) is 47.7 Å². The first kappa shape index (κ1) is 9.52. The van der Waals surface area contributed by atoms with Gasteiger partial charge in [0.1, 0.15) is 11.5 Å². The van der Waals surface area contributed by atoms with Gasteiger partial charge < -0.3 is 14.3 Å². The Labute approximate surface area is 87.0 Å². The zero-order valence-electron chi connectivity index (χ0n) is 8.19. The van der Waals surface area contributed by atoms with Gasteiger partial charge in [-0.15, -0.1) is 0 Å². The molecule has 3 nitrogen and oxygen atoms in total. The fraction of sp³-hybridized carbons (Fsp3) is 0.0833. The Morgan fingerprint density at radius 3 is 2.53 bits per heavy atom. The summed E-state index contributed by atoms with van der Waals surface area (Å²) in [5, 5.41) is 10.8. The van der Waals surface area contributed by atoms with Crippen molar-refractivity contribution < 1.29 is 14.3 Å². The number of carboxylic acid groups (broad SMARTS) is 1. The van der Waals surface area contributed by atoms with Crippen LogP contribution < -0.4 is 5.11 Å². The predicted octanol–water partition coefficient (Wildman–Crippen LogP) is 1.62. The highest BCUT2D eigenvalue weighted by atomic mass is 16.4. The Balaban J connectivity index is 2.58. The highest BCUT2D eigenvalue weighted by molar-refractivity contribution is 5.93. The van der Waals surface area contributed by atoms with Crippen LogP contribution in [0.15, 0.2) is 40.8 Å².